The SMILES string of the molecule is CCCOc1ccccc1CNc1ccc(OC)cc1OC. The summed E-state index contributed by atoms with van der Waals surface area (Å²) in [5.74, 6) is 2.45. The first kappa shape index (κ1) is 16.0. The molecule has 118 valence electrons. The predicted octanol–water partition coefficient (Wildman–Crippen LogP) is 4.10. The minimum absolute atomic E-state index is 0.669. The molecule has 4 heteroatoms. The van der Waals surface area contributed by atoms with Gasteiger partial charge in [0, 0.05) is 18.2 Å². The van der Waals surface area contributed by atoms with Gasteiger partial charge in [-0.3, -0.25) is 0 Å². The summed E-state index contributed by atoms with van der Waals surface area (Å²) in [4.78, 5) is 0. The Bertz CT molecular complexity index is 599. The van der Waals surface area contributed by atoms with Crippen molar-refractivity contribution in [2.75, 3.05) is 26.1 Å². The topological polar surface area (TPSA) is 39.7 Å². The molecule has 0 aromatic heterocycles. The normalized spacial score (nSPS) is 10.1. The summed E-state index contributed by atoms with van der Waals surface area (Å²) in [5.41, 5.74) is 2.04. The van der Waals surface area contributed by atoms with Gasteiger partial charge in [-0.05, 0) is 24.6 Å². The fraction of sp³-hybridized carbons (Fsp3) is 0.333. The molecule has 0 unspecified atom stereocenters. The average molecular weight is 301 g/mol. The number of rotatable bonds is 8. The fourth-order valence-electron chi connectivity index (χ4n) is 2.14. The van der Waals surface area contributed by atoms with Crippen molar-refractivity contribution in [3.63, 3.8) is 0 Å². The zero-order chi connectivity index (χ0) is 15.8. The minimum Gasteiger partial charge on any atom is -0.497 e. The van der Waals surface area contributed by atoms with Gasteiger partial charge in [0.15, 0.2) is 0 Å². The van der Waals surface area contributed by atoms with Crippen LogP contribution in [-0.2, 0) is 6.54 Å². The number of hydrogen-bond acceptors (Lipinski definition) is 4. The smallest absolute Gasteiger partial charge is 0.145 e. The zero-order valence-corrected chi connectivity index (χ0v) is 13.4. The highest BCUT2D eigenvalue weighted by Gasteiger charge is 2.07. The highest BCUT2D eigenvalue weighted by Crippen LogP contribution is 2.30. The van der Waals surface area contributed by atoms with Gasteiger partial charge in [-0.1, -0.05) is 25.1 Å². The van der Waals surface area contributed by atoms with E-state index in [1.807, 2.05) is 36.4 Å². The van der Waals surface area contributed by atoms with Gasteiger partial charge in [-0.15, -0.1) is 0 Å². The van der Waals surface area contributed by atoms with E-state index in [0.29, 0.717) is 6.54 Å². The maximum absolute atomic E-state index is 5.78. The van der Waals surface area contributed by atoms with Crippen molar-refractivity contribution in [1.82, 2.24) is 0 Å². The Morgan fingerprint density at radius 3 is 2.50 bits per heavy atom. The number of ether oxygens (including phenoxy) is 3. The number of hydrogen-bond donors (Lipinski definition) is 1. The molecule has 2 aromatic rings. The van der Waals surface area contributed by atoms with E-state index in [0.717, 1.165) is 41.5 Å². The molecule has 22 heavy (non-hydrogen) atoms. The monoisotopic (exact) mass is 301 g/mol. The molecule has 0 aliphatic heterocycles. The summed E-state index contributed by atoms with van der Waals surface area (Å²) >= 11 is 0. The summed E-state index contributed by atoms with van der Waals surface area (Å²) in [5, 5.41) is 3.39. The number of methoxy groups -OCH3 is 2. The molecule has 0 bridgehead atoms. The maximum atomic E-state index is 5.78. The van der Waals surface area contributed by atoms with Crippen molar-refractivity contribution in [2.24, 2.45) is 0 Å². The zero-order valence-electron chi connectivity index (χ0n) is 13.4. The molecule has 2 aromatic carbocycles. The summed E-state index contributed by atoms with van der Waals surface area (Å²) in [6.07, 6.45) is 0.994. The van der Waals surface area contributed by atoms with Gasteiger partial charge < -0.3 is 19.5 Å². The van der Waals surface area contributed by atoms with Crippen LogP contribution in [0.15, 0.2) is 42.5 Å². The number of para-hydroxylation sites is 1. The molecule has 0 radical (unpaired) electrons. The molecule has 0 fully saturated rings. The molecule has 1 N–H and O–H groups in total. The second kappa shape index (κ2) is 8.17. The first-order valence-electron chi connectivity index (χ1n) is 7.45. The van der Waals surface area contributed by atoms with Crippen LogP contribution in [0.1, 0.15) is 18.9 Å². The summed E-state index contributed by atoms with van der Waals surface area (Å²) < 4.78 is 16.4. The Hall–Kier alpha value is -2.36. The third-order valence-electron chi connectivity index (χ3n) is 3.31. The van der Waals surface area contributed by atoms with Crippen LogP contribution in [0.5, 0.6) is 17.2 Å². The molecule has 2 rings (SSSR count). The fourth-order valence-corrected chi connectivity index (χ4v) is 2.14. The van der Waals surface area contributed by atoms with Crippen LogP contribution in [-0.4, -0.2) is 20.8 Å². The van der Waals surface area contributed by atoms with Crippen molar-refractivity contribution in [1.29, 1.82) is 0 Å². The Balaban J connectivity index is 2.10. The van der Waals surface area contributed by atoms with Crippen LogP contribution < -0.4 is 19.5 Å². The number of nitrogens with one attached hydrogen (secondary N) is 1. The first-order valence-corrected chi connectivity index (χ1v) is 7.45. The molecule has 0 aliphatic carbocycles. The highest BCUT2D eigenvalue weighted by molar-refractivity contribution is 5.59. The lowest BCUT2D eigenvalue weighted by Gasteiger charge is -2.15. The van der Waals surface area contributed by atoms with Crippen LogP contribution >= 0.6 is 0 Å². The second-order valence-electron chi connectivity index (χ2n) is 4.88. The molecule has 0 saturated heterocycles. The quantitative estimate of drug-likeness (QED) is 0.796. The van der Waals surface area contributed by atoms with Crippen LogP contribution in [0, 0.1) is 0 Å². The van der Waals surface area contributed by atoms with Gasteiger partial charge >= 0.3 is 0 Å². The molecule has 0 spiro atoms. The van der Waals surface area contributed by atoms with Gasteiger partial charge in [0.05, 0.1) is 26.5 Å². The molecular weight excluding hydrogens is 278 g/mol. The van der Waals surface area contributed by atoms with E-state index in [2.05, 4.69) is 18.3 Å². The lowest BCUT2D eigenvalue weighted by molar-refractivity contribution is 0.314. The number of benzene rings is 2. The minimum atomic E-state index is 0.669. The number of anilines is 1. The highest BCUT2D eigenvalue weighted by atomic mass is 16.5. The lowest BCUT2D eigenvalue weighted by Crippen LogP contribution is -2.05. The van der Waals surface area contributed by atoms with Crippen LogP contribution in [0.3, 0.4) is 0 Å². The van der Waals surface area contributed by atoms with Gasteiger partial charge in [-0.25, -0.2) is 0 Å². The molecule has 4 nitrogen and oxygen atoms in total. The van der Waals surface area contributed by atoms with E-state index in [4.69, 9.17) is 14.2 Å². The second-order valence-corrected chi connectivity index (χ2v) is 4.88. The van der Waals surface area contributed by atoms with Crippen LogP contribution in [0.4, 0.5) is 5.69 Å². The van der Waals surface area contributed by atoms with Gasteiger partial charge in [-0.2, -0.15) is 0 Å². The third kappa shape index (κ3) is 4.07. The summed E-state index contributed by atoms with van der Waals surface area (Å²) in [6.45, 7) is 3.49. The Morgan fingerprint density at radius 1 is 0.955 bits per heavy atom. The Kier molecular flexibility index (Phi) is 5.95. The third-order valence-corrected chi connectivity index (χ3v) is 3.31. The van der Waals surface area contributed by atoms with Crippen molar-refractivity contribution in [3.8, 4) is 17.2 Å². The van der Waals surface area contributed by atoms with E-state index in [1.54, 1.807) is 14.2 Å². The average Bonchev–Trinajstić information content (AvgIpc) is 2.58. The van der Waals surface area contributed by atoms with Crippen LogP contribution in [0.25, 0.3) is 0 Å². The van der Waals surface area contributed by atoms with E-state index in [9.17, 15) is 0 Å². The molecular formula is C18H23NO3. The molecule has 0 amide bonds. The van der Waals surface area contributed by atoms with Crippen molar-refractivity contribution in [2.45, 2.75) is 19.9 Å². The first-order chi connectivity index (χ1) is 10.8. The molecule has 0 saturated carbocycles. The summed E-state index contributed by atoms with van der Waals surface area (Å²) in [6, 6.07) is 13.8. The summed E-state index contributed by atoms with van der Waals surface area (Å²) in [7, 11) is 3.29. The molecule has 0 aliphatic rings. The van der Waals surface area contributed by atoms with E-state index >= 15 is 0 Å². The van der Waals surface area contributed by atoms with Crippen molar-refractivity contribution < 1.29 is 14.2 Å². The van der Waals surface area contributed by atoms with Gasteiger partial charge in [0.25, 0.3) is 0 Å². The lowest BCUT2D eigenvalue weighted by atomic mass is 10.2. The van der Waals surface area contributed by atoms with E-state index < -0.39 is 0 Å². The van der Waals surface area contributed by atoms with Crippen molar-refractivity contribution >= 4 is 5.69 Å². The van der Waals surface area contributed by atoms with E-state index in [1.165, 1.54) is 0 Å². The van der Waals surface area contributed by atoms with Gasteiger partial charge in [0.1, 0.15) is 17.2 Å². The van der Waals surface area contributed by atoms with Crippen LogP contribution in [0.2, 0.25) is 0 Å². The predicted molar refractivity (Wildman–Crippen MR) is 89.1 cm³/mol. The van der Waals surface area contributed by atoms with Crippen molar-refractivity contribution in [3.05, 3.63) is 48.0 Å². The standard InChI is InChI=1S/C18H23NO3/c1-4-11-22-17-8-6-5-7-14(17)13-19-16-10-9-15(20-2)12-18(16)21-3/h5-10,12,19H,4,11,13H2,1-3H3. The maximum Gasteiger partial charge on any atom is 0.145 e. The molecule has 0 atom stereocenters. The van der Waals surface area contributed by atoms with E-state index in [-0.39, 0.29) is 0 Å². The van der Waals surface area contributed by atoms with Gasteiger partial charge in [0.2, 0.25) is 0 Å². The Labute approximate surface area is 132 Å². The largest absolute Gasteiger partial charge is 0.497 e. The Morgan fingerprint density at radius 2 is 1.77 bits per heavy atom. The molecule has 0 heterocycles.